The quantitative estimate of drug-likeness (QED) is 0.919. The first-order chi connectivity index (χ1) is 10.3. The summed E-state index contributed by atoms with van der Waals surface area (Å²) in [5, 5.41) is 3.77. The third-order valence-electron chi connectivity index (χ3n) is 4.94. The Morgan fingerprint density at radius 2 is 2.14 bits per heavy atom. The van der Waals surface area contributed by atoms with E-state index in [0.717, 1.165) is 18.9 Å². The van der Waals surface area contributed by atoms with Gasteiger partial charge in [-0.1, -0.05) is 31.5 Å². The van der Waals surface area contributed by atoms with E-state index in [9.17, 15) is 0 Å². The molecule has 1 aromatic rings. The minimum Gasteiger partial charge on any atom is -0.492 e. The molecule has 1 N–H and O–H groups in total. The Morgan fingerprint density at radius 1 is 1.29 bits per heavy atom. The highest BCUT2D eigenvalue weighted by molar-refractivity contribution is 5.39. The van der Waals surface area contributed by atoms with E-state index in [1.54, 1.807) is 0 Å². The van der Waals surface area contributed by atoms with Gasteiger partial charge in [0.05, 0.1) is 12.1 Å². The van der Waals surface area contributed by atoms with Gasteiger partial charge in [0.2, 0.25) is 0 Å². The molecular weight excluding hydrogens is 260 g/mol. The summed E-state index contributed by atoms with van der Waals surface area (Å²) in [6.07, 6.45) is 5.18. The molecule has 0 aliphatic carbocycles. The van der Waals surface area contributed by atoms with Gasteiger partial charge in [-0.25, -0.2) is 0 Å². The summed E-state index contributed by atoms with van der Waals surface area (Å²) in [5.41, 5.74) is 1.33. The van der Waals surface area contributed by atoms with Gasteiger partial charge in [0.15, 0.2) is 0 Å². The molecule has 0 saturated carbocycles. The normalized spacial score (nSPS) is 29.7. The minimum atomic E-state index is 0.399. The van der Waals surface area contributed by atoms with Crippen molar-refractivity contribution in [3.63, 3.8) is 0 Å². The molecule has 116 valence electrons. The Bertz CT molecular complexity index is 462. The van der Waals surface area contributed by atoms with Crippen LogP contribution in [-0.4, -0.2) is 36.7 Å². The van der Waals surface area contributed by atoms with Crippen molar-refractivity contribution < 1.29 is 4.74 Å². The maximum atomic E-state index is 6.07. The Kier molecular flexibility index (Phi) is 4.81. The zero-order valence-electron chi connectivity index (χ0n) is 13.3. The molecule has 3 heteroatoms. The highest BCUT2D eigenvalue weighted by Gasteiger charge is 2.37. The van der Waals surface area contributed by atoms with Crippen LogP contribution in [0.5, 0.6) is 5.75 Å². The summed E-state index contributed by atoms with van der Waals surface area (Å²) in [7, 11) is 0. The minimum absolute atomic E-state index is 0.399. The van der Waals surface area contributed by atoms with Crippen molar-refractivity contribution in [2.24, 2.45) is 0 Å². The number of piperidine rings is 1. The van der Waals surface area contributed by atoms with Crippen LogP contribution in [0.1, 0.15) is 51.1 Å². The Balaban J connectivity index is 1.85. The summed E-state index contributed by atoms with van der Waals surface area (Å²) >= 11 is 0. The van der Waals surface area contributed by atoms with Gasteiger partial charge in [-0.2, -0.15) is 0 Å². The number of hydrogen-bond donors (Lipinski definition) is 1. The van der Waals surface area contributed by atoms with Crippen LogP contribution < -0.4 is 10.1 Å². The molecule has 3 rings (SSSR count). The summed E-state index contributed by atoms with van der Waals surface area (Å²) < 4.78 is 6.07. The van der Waals surface area contributed by atoms with E-state index >= 15 is 0 Å². The van der Waals surface area contributed by atoms with Crippen LogP contribution in [0.3, 0.4) is 0 Å². The average Bonchev–Trinajstić information content (AvgIpc) is 2.53. The summed E-state index contributed by atoms with van der Waals surface area (Å²) in [6.45, 7) is 7.69. The van der Waals surface area contributed by atoms with Gasteiger partial charge in [0.1, 0.15) is 12.4 Å². The molecule has 0 spiro atoms. The van der Waals surface area contributed by atoms with E-state index in [4.69, 9.17) is 4.74 Å². The molecule has 1 fully saturated rings. The van der Waals surface area contributed by atoms with Crippen molar-refractivity contribution in [2.75, 3.05) is 19.7 Å². The SMILES string of the molecule is CCCNC1c2ccccc2OCC1N1CCCCC1C. The van der Waals surface area contributed by atoms with Crippen molar-refractivity contribution in [1.29, 1.82) is 0 Å². The molecule has 3 unspecified atom stereocenters. The van der Waals surface area contributed by atoms with Gasteiger partial charge >= 0.3 is 0 Å². The summed E-state index contributed by atoms with van der Waals surface area (Å²) in [5.74, 6) is 1.06. The van der Waals surface area contributed by atoms with Crippen LogP contribution in [0.15, 0.2) is 24.3 Å². The molecule has 21 heavy (non-hydrogen) atoms. The predicted octanol–water partition coefficient (Wildman–Crippen LogP) is 3.36. The fourth-order valence-electron chi connectivity index (χ4n) is 3.79. The first-order valence-electron chi connectivity index (χ1n) is 8.52. The average molecular weight is 288 g/mol. The standard InChI is InChI=1S/C18H28N2O/c1-3-11-19-18-15-9-4-5-10-17(15)21-13-16(18)20-12-7-6-8-14(20)2/h4-5,9-10,14,16,18-19H,3,6-8,11-13H2,1-2H3. The van der Waals surface area contributed by atoms with Crippen LogP contribution in [0.4, 0.5) is 0 Å². The van der Waals surface area contributed by atoms with Gasteiger partial charge < -0.3 is 10.1 Å². The van der Waals surface area contributed by atoms with E-state index in [0.29, 0.717) is 18.1 Å². The van der Waals surface area contributed by atoms with E-state index in [-0.39, 0.29) is 0 Å². The molecule has 3 atom stereocenters. The number of hydrogen-bond acceptors (Lipinski definition) is 3. The third-order valence-corrected chi connectivity index (χ3v) is 4.94. The molecule has 1 aromatic carbocycles. The van der Waals surface area contributed by atoms with E-state index in [1.807, 2.05) is 0 Å². The van der Waals surface area contributed by atoms with Gasteiger partial charge in [-0.05, 0) is 45.3 Å². The van der Waals surface area contributed by atoms with E-state index < -0.39 is 0 Å². The van der Waals surface area contributed by atoms with Gasteiger partial charge in [0.25, 0.3) is 0 Å². The zero-order valence-corrected chi connectivity index (χ0v) is 13.3. The van der Waals surface area contributed by atoms with E-state index in [2.05, 4.69) is 48.3 Å². The number of nitrogens with one attached hydrogen (secondary N) is 1. The number of likely N-dealkylation sites (tertiary alicyclic amines) is 1. The van der Waals surface area contributed by atoms with Crippen molar-refractivity contribution in [3.05, 3.63) is 29.8 Å². The molecule has 3 nitrogen and oxygen atoms in total. The maximum absolute atomic E-state index is 6.07. The molecular formula is C18H28N2O. The Labute approximate surface area is 128 Å². The number of nitrogens with zero attached hydrogens (tertiary/aromatic N) is 1. The van der Waals surface area contributed by atoms with Crippen molar-refractivity contribution in [1.82, 2.24) is 10.2 Å². The number of fused-ring (bicyclic) bond motifs is 1. The second-order valence-corrected chi connectivity index (χ2v) is 6.43. The molecule has 2 aliphatic rings. The van der Waals surface area contributed by atoms with Crippen LogP contribution in [-0.2, 0) is 0 Å². The van der Waals surface area contributed by atoms with Crippen molar-refractivity contribution in [2.45, 2.75) is 57.7 Å². The highest BCUT2D eigenvalue weighted by Crippen LogP contribution is 2.36. The number of benzene rings is 1. The van der Waals surface area contributed by atoms with E-state index in [1.165, 1.54) is 37.8 Å². The van der Waals surface area contributed by atoms with Crippen molar-refractivity contribution >= 4 is 0 Å². The third kappa shape index (κ3) is 3.09. The summed E-state index contributed by atoms with van der Waals surface area (Å²) in [6, 6.07) is 10.1. The topological polar surface area (TPSA) is 24.5 Å². The monoisotopic (exact) mass is 288 g/mol. The fourth-order valence-corrected chi connectivity index (χ4v) is 3.79. The largest absolute Gasteiger partial charge is 0.492 e. The van der Waals surface area contributed by atoms with Gasteiger partial charge in [0, 0.05) is 11.6 Å². The molecule has 2 aliphatic heterocycles. The second kappa shape index (κ2) is 6.80. The summed E-state index contributed by atoms with van der Waals surface area (Å²) in [4.78, 5) is 2.67. The van der Waals surface area contributed by atoms with Crippen LogP contribution >= 0.6 is 0 Å². The molecule has 1 saturated heterocycles. The van der Waals surface area contributed by atoms with Crippen LogP contribution in [0, 0.1) is 0 Å². The lowest BCUT2D eigenvalue weighted by Crippen LogP contribution is -2.54. The van der Waals surface area contributed by atoms with Crippen LogP contribution in [0.2, 0.25) is 0 Å². The molecule has 0 radical (unpaired) electrons. The zero-order chi connectivity index (χ0) is 14.7. The lowest BCUT2D eigenvalue weighted by molar-refractivity contribution is 0.0375. The molecule has 0 amide bonds. The van der Waals surface area contributed by atoms with Gasteiger partial charge in [-0.15, -0.1) is 0 Å². The molecule has 2 heterocycles. The van der Waals surface area contributed by atoms with Gasteiger partial charge in [-0.3, -0.25) is 4.90 Å². The number of ether oxygens (including phenoxy) is 1. The highest BCUT2D eigenvalue weighted by atomic mass is 16.5. The smallest absolute Gasteiger partial charge is 0.124 e. The Morgan fingerprint density at radius 3 is 2.95 bits per heavy atom. The number of para-hydroxylation sites is 1. The molecule has 0 aromatic heterocycles. The Hall–Kier alpha value is -1.06. The first-order valence-corrected chi connectivity index (χ1v) is 8.52. The number of rotatable bonds is 4. The maximum Gasteiger partial charge on any atom is 0.124 e. The first kappa shape index (κ1) is 14.9. The van der Waals surface area contributed by atoms with Crippen molar-refractivity contribution in [3.8, 4) is 5.75 Å². The van der Waals surface area contributed by atoms with Crippen LogP contribution in [0.25, 0.3) is 0 Å². The fraction of sp³-hybridized carbons (Fsp3) is 0.667. The lowest BCUT2D eigenvalue weighted by atomic mass is 9.91. The molecule has 0 bridgehead atoms. The predicted molar refractivity (Wildman–Crippen MR) is 86.8 cm³/mol. The second-order valence-electron chi connectivity index (χ2n) is 6.43. The lowest BCUT2D eigenvalue weighted by Gasteiger charge is -2.45.